The molecule has 8 nitrogen and oxygen atoms in total. The van der Waals surface area contributed by atoms with E-state index in [1.807, 2.05) is 0 Å². The molecule has 124 valence electrons. The molecule has 0 aliphatic carbocycles. The highest BCUT2D eigenvalue weighted by atomic mass is 32.1. The summed E-state index contributed by atoms with van der Waals surface area (Å²) in [6.45, 7) is 0. The lowest BCUT2D eigenvalue weighted by Gasteiger charge is -2.11. The van der Waals surface area contributed by atoms with Crippen molar-refractivity contribution >= 4 is 39.2 Å². The van der Waals surface area contributed by atoms with Crippen molar-refractivity contribution < 1.29 is 19.4 Å². The van der Waals surface area contributed by atoms with Crippen LogP contribution in [-0.4, -0.2) is 40.2 Å². The fourth-order valence-electron chi connectivity index (χ4n) is 2.18. The van der Waals surface area contributed by atoms with Crippen molar-refractivity contribution in [3.63, 3.8) is 0 Å². The lowest BCUT2D eigenvalue weighted by molar-refractivity contribution is -0.136. The smallest absolute Gasteiger partial charge is 0.309 e. The third kappa shape index (κ3) is 3.20. The molecule has 1 aromatic carbocycles. The number of nitrogens with zero attached hydrogens (tertiary/aromatic N) is 3. The summed E-state index contributed by atoms with van der Waals surface area (Å²) in [4.78, 5) is 23.4. The monoisotopic (exact) mass is 346 g/mol. The highest BCUT2D eigenvalue weighted by molar-refractivity contribution is 7.13. The zero-order valence-electron chi connectivity index (χ0n) is 12.9. The van der Waals surface area contributed by atoms with Crippen LogP contribution in [0.1, 0.15) is 5.69 Å². The van der Waals surface area contributed by atoms with E-state index in [9.17, 15) is 4.79 Å². The maximum absolute atomic E-state index is 10.7. The number of rotatable bonds is 6. The van der Waals surface area contributed by atoms with Gasteiger partial charge in [0.2, 0.25) is 0 Å². The predicted molar refractivity (Wildman–Crippen MR) is 89.4 cm³/mol. The molecule has 0 fully saturated rings. The number of fused-ring (bicyclic) bond motifs is 1. The van der Waals surface area contributed by atoms with E-state index in [-0.39, 0.29) is 6.42 Å². The third-order valence-corrected chi connectivity index (χ3v) is 4.06. The Labute approximate surface area is 141 Å². The molecule has 24 heavy (non-hydrogen) atoms. The number of thiazole rings is 1. The lowest BCUT2D eigenvalue weighted by atomic mass is 10.2. The molecule has 0 saturated carbocycles. The van der Waals surface area contributed by atoms with Gasteiger partial charge in [-0.3, -0.25) is 4.79 Å². The second-order valence-electron chi connectivity index (χ2n) is 4.79. The van der Waals surface area contributed by atoms with Gasteiger partial charge in [0.1, 0.15) is 12.1 Å². The Morgan fingerprint density at radius 3 is 2.71 bits per heavy atom. The first kappa shape index (κ1) is 15.9. The summed E-state index contributed by atoms with van der Waals surface area (Å²) < 4.78 is 10.6. The standard InChI is InChI=1S/C15H14N4O4S/c1-22-11-4-9-10(5-12(11)23-2)16-7-17-14(9)19-15-18-8(6-24-15)3-13(20)21/h4-7H,3H2,1-2H3,(H,20,21)(H,16,17,18,19). The van der Waals surface area contributed by atoms with Crippen LogP contribution in [0.5, 0.6) is 11.5 Å². The Hall–Kier alpha value is -2.94. The average Bonchev–Trinajstić information content (AvgIpc) is 3.00. The van der Waals surface area contributed by atoms with E-state index in [1.54, 1.807) is 31.7 Å². The topological polar surface area (TPSA) is 106 Å². The van der Waals surface area contributed by atoms with Crippen molar-refractivity contribution in [2.45, 2.75) is 6.42 Å². The molecule has 0 amide bonds. The quantitative estimate of drug-likeness (QED) is 0.701. The van der Waals surface area contributed by atoms with Crippen molar-refractivity contribution in [1.82, 2.24) is 15.0 Å². The number of carboxylic acids is 1. The zero-order valence-corrected chi connectivity index (χ0v) is 13.8. The molecular formula is C15H14N4O4S. The second kappa shape index (κ2) is 6.67. The number of hydrogen-bond donors (Lipinski definition) is 2. The van der Waals surface area contributed by atoms with Gasteiger partial charge in [-0.2, -0.15) is 0 Å². The molecule has 3 aromatic rings. The third-order valence-electron chi connectivity index (χ3n) is 3.25. The molecule has 2 aromatic heterocycles. The number of hydrogen-bond acceptors (Lipinski definition) is 8. The first-order chi connectivity index (χ1) is 11.6. The first-order valence-electron chi connectivity index (χ1n) is 6.90. The van der Waals surface area contributed by atoms with Crippen LogP contribution in [0, 0.1) is 0 Å². The number of ether oxygens (including phenoxy) is 2. The average molecular weight is 346 g/mol. The Morgan fingerprint density at radius 1 is 1.25 bits per heavy atom. The molecule has 2 heterocycles. The first-order valence-corrected chi connectivity index (χ1v) is 7.78. The minimum Gasteiger partial charge on any atom is -0.493 e. The summed E-state index contributed by atoms with van der Waals surface area (Å²) in [5.41, 5.74) is 1.18. The van der Waals surface area contributed by atoms with Crippen LogP contribution >= 0.6 is 11.3 Å². The van der Waals surface area contributed by atoms with Gasteiger partial charge >= 0.3 is 5.97 Å². The number of aromatic nitrogens is 3. The molecular weight excluding hydrogens is 332 g/mol. The van der Waals surface area contributed by atoms with Gasteiger partial charge in [0.15, 0.2) is 16.6 Å². The zero-order chi connectivity index (χ0) is 17.1. The molecule has 0 aliphatic heterocycles. The van der Waals surface area contributed by atoms with E-state index in [4.69, 9.17) is 14.6 Å². The predicted octanol–water partition coefficient (Wildman–Crippen LogP) is 2.47. The van der Waals surface area contributed by atoms with Gasteiger partial charge in [-0.15, -0.1) is 11.3 Å². The van der Waals surface area contributed by atoms with Gasteiger partial charge in [-0.1, -0.05) is 0 Å². The van der Waals surface area contributed by atoms with Gasteiger partial charge in [-0.25, -0.2) is 15.0 Å². The molecule has 0 aliphatic rings. The highest BCUT2D eigenvalue weighted by Crippen LogP contribution is 2.34. The largest absolute Gasteiger partial charge is 0.493 e. The molecule has 9 heteroatoms. The normalized spacial score (nSPS) is 10.6. The van der Waals surface area contributed by atoms with E-state index in [0.29, 0.717) is 33.7 Å². The lowest BCUT2D eigenvalue weighted by Crippen LogP contribution is -2.01. The van der Waals surface area contributed by atoms with Crippen LogP contribution in [0.3, 0.4) is 0 Å². The van der Waals surface area contributed by atoms with Crippen LogP contribution in [-0.2, 0) is 11.2 Å². The van der Waals surface area contributed by atoms with Crippen LogP contribution in [0.25, 0.3) is 10.9 Å². The summed E-state index contributed by atoms with van der Waals surface area (Å²) in [5, 5.41) is 14.9. The van der Waals surface area contributed by atoms with Gasteiger partial charge < -0.3 is 19.9 Å². The van der Waals surface area contributed by atoms with Crippen molar-refractivity contribution in [2.24, 2.45) is 0 Å². The van der Waals surface area contributed by atoms with Gasteiger partial charge in [0, 0.05) is 16.8 Å². The minimum atomic E-state index is -0.920. The molecule has 3 rings (SSSR count). The van der Waals surface area contributed by atoms with E-state index < -0.39 is 5.97 Å². The summed E-state index contributed by atoms with van der Waals surface area (Å²) in [6, 6.07) is 3.54. The van der Waals surface area contributed by atoms with Gasteiger partial charge in [0.25, 0.3) is 0 Å². The van der Waals surface area contributed by atoms with Crippen LogP contribution in [0.2, 0.25) is 0 Å². The number of carbonyl (C=O) groups is 1. The van der Waals surface area contributed by atoms with Crippen molar-refractivity contribution in [2.75, 3.05) is 19.5 Å². The number of methoxy groups -OCH3 is 2. The highest BCUT2D eigenvalue weighted by Gasteiger charge is 2.12. The Bertz CT molecular complexity index is 896. The Balaban J connectivity index is 1.97. The van der Waals surface area contributed by atoms with Crippen LogP contribution in [0.4, 0.5) is 10.9 Å². The number of aliphatic carboxylic acids is 1. The summed E-state index contributed by atoms with van der Waals surface area (Å²) in [7, 11) is 3.11. The van der Waals surface area contributed by atoms with Gasteiger partial charge in [0.05, 0.1) is 31.9 Å². The van der Waals surface area contributed by atoms with Crippen LogP contribution < -0.4 is 14.8 Å². The maximum atomic E-state index is 10.7. The maximum Gasteiger partial charge on any atom is 0.309 e. The summed E-state index contributed by atoms with van der Waals surface area (Å²) in [6.07, 6.45) is 1.32. The Morgan fingerprint density at radius 2 is 2.00 bits per heavy atom. The summed E-state index contributed by atoms with van der Waals surface area (Å²) >= 11 is 1.31. The van der Waals surface area contributed by atoms with E-state index in [0.717, 1.165) is 5.39 Å². The molecule has 0 unspecified atom stereocenters. The second-order valence-corrected chi connectivity index (χ2v) is 5.64. The molecule has 0 bridgehead atoms. The van der Waals surface area contributed by atoms with E-state index in [1.165, 1.54) is 17.7 Å². The molecule has 2 N–H and O–H groups in total. The van der Waals surface area contributed by atoms with E-state index >= 15 is 0 Å². The van der Waals surface area contributed by atoms with Crippen molar-refractivity contribution in [1.29, 1.82) is 0 Å². The summed E-state index contributed by atoms with van der Waals surface area (Å²) in [5.74, 6) is 0.773. The Kier molecular flexibility index (Phi) is 4.43. The number of anilines is 2. The molecule has 0 saturated heterocycles. The molecule has 0 spiro atoms. The fourth-order valence-corrected chi connectivity index (χ4v) is 2.89. The molecule has 0 radical (unpaired) electrons. The number of nitrogens with one attached hydrogen (secondary N) is 1. The fraction of sp³-hybridized carbons (Fsp3) is 0.200. The SMILES string of the molecule is COc1cc2ncnc(Nc3nc(CC(=O)O)cs3)c2cc1OC. The van der Waals surface area contributed by atoms with Gasteiger partial charge in [-0.05, 0) is 6.07 Å². The van der Waals surface area contributed by atoms with Crippen molar-refractivity contribution in [3.8, 4) is 11.5 Å². The molecule has 0 atom stereocenters. The van der Waals surface area contributed by atoms with Crippen molar-refractivity contribution in [3.05, 3.63) is 29.5 Å². The van der Waals surface area contributed by atoms with E-state index in [2.05, 4.69) is 20.3 Å². The van der Waals surface area contributed by atoms with Crippen LogP contribution in [0.15, 0.2) is 23.8 Å². The number of carboxylic acid groups (broad SMARTS) is 1. The number of benzene rings is 1. The minimum absolute atomic E-state index is 0.117.